The lowest BCUT2D eigenvalue weighted by Crippen LogP contribution is -2.59. The van der Waals surface area contributed by atoms with Gasteiger partial charge in [0.05, 0.1) is 0 Å². The Labute approximate surface area is 132 Å². The van der Waals surface area contributed by atoms with Crippen LogP contribution in [0.1, 0.15) is 25.7 Å². The van der Waals surface area contributed by atoms with Gasteiger partial charge in [-0.1, -0.05) is 6.42 Å². The van der Waals surface area contributed by atoms with Crippen molar-refractivity contribution >= 4 is 37.9 Å². The standard InChI is InChI=1S/C11H23BN2O4.2ClH/c1-14-7-9-3-2-8(4-5-12(17)18)6-11(9,13)10(15)16;;/h8-9,14,17-18H,2-7,13H2,1H3,(H,15,16);2*1H/t8-,9-,11+;;/m0../s1. The van der Waals surface area contributed by atoms with E-state index < -0.39 is 18.6 Å². The predicted octanol–water partition coefficient (Wildman–Crippen LogP) is 0.111. The number of nitrogens with two attached hydrogens (primary N) is 1. The Kier molecular flexibility index (Phi) is 10.9. The van der Waals surface area contributed by atoms with E-state index in [1.807, 2.05) is 0 Å². The molecule has 0 unspecified atom stereocenters. The van der Waals surface area contributed by atoms with E-state index in [9.17, 15) is 9.90 Å². The van der Waals surface area contributed by atoms with E-state index in [0.29, 0.717) is 19.4 Å². The number of carbonyl (C=O) groups is 1. The van der Waals surface area contributed by atoms with Crippen LogP contribution in [0.5, 0.6) is 0 Å². The second-order valence-corrected chi connectivity index (χ2v) is 5.31. The van der Waals surface area contributed by atoms with E-state index in [2.05, 4.69) is 5.32 Å². The van der Waals surface area contributed by atoms with Gasteiger partial charge in [0.1, 0.15) is 5.54 Å². The summed E-state index contributed by atoms with van der Waals surface area (Å²) in [6.07, 6.45) is 2.94. The highest BCUT2D eigenvalue weighted by Gasteiger charge is 2.46. The smallest absolute Gasteiger partial charge is 0.451 e. The minimum absolute atomic E-state index is 0. The van der Waals surface area contributed by atoms with Crippen LogP contribution in [0.2, 0.25) is 6.32 Å². The van der Waals surface area contributed by atoms with Crippen LogP contribution in [0.15, 0.2) is 0 Å². The fourth-order valence-electron chi connectivity index (χ4n) is 2.86. The van der Waals surface area contributed by atoms with E-state index in [0.717, 1.165) is 12.8 Å². The van der Waals surface area contributed by atoms with Crippen LogP contribution in [0, 0.1) is 11.8 Å². The van der Waals surface area contributed by atoms with Gasteiger partial charge in [-0.05, 0) is 45.1 Å². The summed E-state index contributed by atoms with van der Waals surface area (Å²) in [7, 11) is 0.466. The topological polar surface area (TPSA) is 116 Å². The van der Waals surface area contributed by atoms with E-state index in [1.54, 1.807) is 7.05 Å². The average Bonchev–Trinajstić information content (AvgIpc) is 2.29. The zero-order valence-electron chi connectivity index (χ0n) is 11.6. The van der Waals surface area contributed by atoms with Gasteiger partial charge in [-0.3, -0.25) is 4.79 Å². The molecule has 0 aromatic carbocycles. The maximum absolute atomic E-state index is 11.4. The van der Waals surface area contributed by atoms with Gasteiger partial charge in [0.15, 0.2) is 0 Å². The van der Waals surface area contributed by atoms with Crippen LogP contribution in [0.3, 0.4) is 0 Å². The molecule has 1 rings (SSSR count). The van der Waals surface area contributed by atoms with Gasteiger partial charge in [-0.25, -0.2) is 0 Å². The highest BCUT2D eigenvalue weighted by atomic mass is 35.5. The molecule has 0 radical (unpaired) electrons. The Hall–Kier alpha value is -0.0451. The van der Waals surface area contributed by atoms with Crippen molar-refractivity contribution in [3.63, 3.8) is 0 Å². The molecule has 0 aromatic heterocycles. The third kappa shape index (κ3) is 5.75. The van der Waals surface area contributed by atoms with Gasteiger partial charge in [-0.2, -0.15) is 0 Å². The van der Waals surface area contributed by atoms with Crippen LogP contribution >= 0.6 is 24.8 Å². The summed E-state index contributed by atoms with van der Waals surface area (Å²) in [5.74, 6) is -0.881. The molecule has 3 atom stereocenters. The van der Waals surface area contributed by atoms with Crippen LogP contribution < -0.4 is 11.1 Å². The SMILES string of the molecule is CNC[C@@H]1CC[C@@H](CCB(O)O)C[C@]1(N)C(=O)O.Cl.Cl. The molecule has 120 valence electrons. The number of nitrogens with one attached hydrogen (secondary N) is 1. The van der Waals surface area contributed by atoms with Crippen molar-refractivity contribution < 1.29 is 19.9 Å². The molecule has 0 bridgehead atoms. The van der Waals surface area contributed by atoms with Gasteiger partial charge in [0.25, 0.3) is 0 Å². The largest absolute Gasteiger partial charge is 0.480 e. The predicted molar refractivity (Wildman–Crippen MR) is 83.4 cm³/mol. The molecular formula is C11H25BCl2N2O4. The maximum atomic E-state index is 11.4. The van der Waals surface area contributed by atoms with Crippen LogP contribution in [0.4, 0.5) is 0 Å². The lowest BCUT2D eigenvalue weighted by atomic mass is 9.66. The first kappa shape index (κ1) is 22.2. The van der Waals surface area contributed by atoms with Crippen LogP contribution in [0.25, 0.3) is 0 Å². The monoisotopic (exact) mass is 330 g/mol. The first-order chi connectivity index (χ1) is 8.40. The maximum Gasteiger partial charge on any atom is 0.451 e. The van der Waals surface area contributed by atoms with Crippen molar-refractivity contribution in [2.75, 3.05) is 13.6 Å². The van der Waals surface area contributed by atoms with Gasteiger partial charge >= 0.3 is 13.1 Å². The van der Waals surface area contributed by atoms with Gasteiger partial charge in [-0.15, -0.1) is 24.8 Å². The van der Waals surface area contributed by atoms with Crippen LogP contribution in [-0.2, 0) is 4.79 Å². The number of aliphatic carboxylic acids is 1. The molecule has 9 heteroatoms. The summed E-state index contributed by atoms with van der Waals surface area (Å²) in [6.45, 7) is 0.595. The summed E-state index contributed by atoms with van der Waals surface area (Å²) >= 11 is 0. The Morgan fingerprint density at radius 3 is 2.45 bits per heavy atom. The van der Waals surface area contributed by atoms with Gasteiger partial charge in [0, 0.05) is 5.92 Å². The number of halogens is 2. The minimum atomic E-state index is -1.32. The molecule has 0 aliphatic heterocycles. The lowest BCUT2D eigenvalue weighted by molar-refractivity contribution is -0.148. The highest BCUT2D eigenvalue weighted by molar-refractivity contribution is 6.40. The van der Waals surface area contributed by atoms with Crippen molar-refractivity contribution in [2.45, 2.75) is 37.5 Å². The van der Waals surface area contributed by atoms with Crippen molar-refractivity contribution in [3.8, 4) is 0 Å². The molecule has 0 amide bonds. The van der Waals surface area contributed by atoms with E-state index >= 15 is 0 Å². The first-order valence-corrected chi connectivity index (χ1v) is 6.43. The molecule has 6 nitrogen and oxygen atoms in total. The van der Waals surface area contributed by atoms with Gasteiger partial charge < -0.3 is 26.2 Å². The number of carboxylic acid groups (broad SMARTS) is 1. The summed E-state index contributed by atoms with van der Waals surface area (Å²) in [4.78, 5) is 11.4. The molecule has 0 heterocycles. The molecular weight excluding hydrogens is 306 g/mol. The number of hydrogen-bond acceptors (Lipinski definition) is 5. The van der Waals surface area contributed by atoms with Crippen molar-refractivity contribution in [2.24, 2.45) is 17.6 Å². The van der Waals surface area contributed by atoms with Crippen molar-refractivity contribution in [3.05, 3.63) is 0 Å². The lowest BCUT2D eigenvalue weighted by Gasteiger charge is -2.41. The zero-order chi connectivity index (χ0) is 13.8. The minimum Gasteiger partial charge on any atom is -0.480 e. The Bertz CT molecular complexity index is 300. The number of hydrogen-bond donors (Lipinski definition) is 5. The van der Waals surface area contributed by atoms with Crippen molar-refractivity contribution in [1.82, 2.24) is 5.32 Å². The fourth-order valence-corrected chi connectivity index (χ4v) is 2.86. The zero-order valence-corrected chi connectivity index (χ0v) is 13.3. The summed E-state index contributed by atoms with van der Waals surface area (Å²) < 4.78 is 0. The molecule has 0 spiro atoms. The first-order valence-electron chi connectivity index (χ1n) is 6.43. The molecule has 1 saturated carbocycles. The Morgan fingerprint density at radius 1 is 1.40 bits per heavy atom. The Balaban J connectivity index is 0. The molecule has 20 heavy (non-hydrogen) atoms. The third-order valence-electron chi connectivity index (χ3n) is 3.96. The summed E-state index contributed by atoms with van der Waals surface area (Å²) in [5.41, 5.74) is 4.86. The quantitative estimate of drug-likeness (QED) is 0.441. The van der Waals surface area contributed by atoms with Crippen molar-refractivity contribution in [1.29, 1.82) is 0 Å². The molecule has 1 aliphatic rings. The molecule has 6 N–H and O–H groups in total. The molecule has 1 aliphatic carbocycles. The third-order valence-corrected chi connectivity index (χ3v) is 3.96. The molecule has 0 aromatic rings. The normalized spacial score (nSPS) is 29.0. The van der Waals surface area contributed by atoms with Gasteiger partial charge in [0.2, 0.25) is 0 Å². The molecule has 1 fully saturated rings. The second-order valence-electron chi connectivity index (χ2n) is 5.31. The fraction of sp³-hybridized carbons (Fsp3) is 0.909. The van der Waals surface area contributed by atoms with E-state index in [-0.39, 0.29) is 43.0 Å². The number of rotatable bonds is 6. The van der Waals surface area contributed by atoms with E-state index in [1.165, 1.54) is 0 Å². The summed E-state index contributed by atoms with van der Waals surface area (Å²) in [6, 6.07) is 0. The van der Waals surface area contributed by atoms with E-state index in [4.69, 9.17) is 15.8 Å². The van der Waals surface area contributed by atoms with Crippen LogP contribution in [-0.4, -0.2) is 47.4 Å². The highest BCUT2D eigenvalue weighted by Crippen LogP contribution is 2.37. The Morgan fingerprint density at radius 2 is 2.00 bits per heavy atom. The summed E-state index contributed by atoms with van der Waals surface area (Å²) in [5, 5.41) is 30.0. The average molecular weight is 331 g/mol. The number of carboxylic acids is 1. The molecule has 0 saturated heterocycles. The second kappa shape index (κ2) is 9.81.